The van der Waals surface area contributed by atoms with Gasteiger partial charge in [-0.1, -0.05) is 0 Å². The summed E-state index contributed by atoms with van der Waals surface area (Å²) in [6.07, 6.45) is 4.15. The molecule has 1 saturated heterocycles. The van der Waals surface area contributed by atoms with Gasteiger partial charge in [0.05, 0.1) is 13.2 Å². The summed E-state index contributed by atoms with van der Waals surface area (Å²) in [6.45, 7) is 3.42. The van der Waals surface area contributed by atoms with Crippen molar-refractivity contribution in [1.29, 1.82) is 0 Å². The average molecular weight is 238 g/mol. The molecule has 3 N–H and O–H groups in total. The Morgan fingerprint density at radius 3 is 3.18 bits per heavy atom. The average Bonchev–Trinajstić information content (AvgIpc) is 2.90. The van der Waals surface area contributed by atoms with E-state index in [1.54, 1.807) is 10.9 Å². The zero-order valence-electron chi connectivity index (χ0n) is 9.93. The predicted molar refractivity (Wildman–Crippen MR) is 62.2 cm³/mol. The van der Waals surface area contributed by atoms with Gasteiger partial charge in [0.1, 0.15) is 5.54 Å². The Bertz CT molecular complexity index is 371. The molecule has 2 rings (SSSR count). The zero-order valence-corrected chi connectivity index (χ0v) is 9.93. The van der Waals surface area contributed by atoms with Crippen LogP contribution in [0.1, 0.15) is 13.3 Å². The third-order valence-electron chi connectivity index (χ3n) is 2.90. The molecular formula is C11H18N4O2. The van der Waals surface area contributed by atoms with Crippen LogP contribution in [0, 0.1) is 0 Å². The van der Waals surface area contributed by atoms with Crippen molar-refractivity contribution in [3.63, 3.8) is 0 Å². The highest BCUT2D eigenvalue weighted by atomic mass is 16.5. The number of nitrogens with zero attached hydrogens (tertiary/aromatic N) is 2. The van der Waals surface area contributed by atoms with Crippen LogP contribution in [0.15, 0.2) is 18.5 Å². The summed E-state index contributed by atoms with van der Waals surface area (Å²) >= 11 is 0. The first-order valence-corrected chi connectivity index (χ1v) is 5.75. The molecule has 2 heterocycles. The largest absolute Gasteiger partial charge is 0.379 e. The molecule has 0 spiro atoms. The van der Waals surface area contributed by atoms with E-state index in [9.17, 15) is 4.79 Å². The Morgan fingerprint density at radius 2 is 2.59 bits per heavy atom. The summed E-state index contributed by atoms with van der Waals surface area (Å²) in [5.41, 5.74) is 5.10. The maximum atomic E-state index is 12.0. The van der Waals surface area contributed by atoms with E-state index >= 15 is 0 Å². The van der Waals surface area contributed by atoms with E-state index in [2.05, 4.69) is 10.4 Å². The molecule has 1 aromatic rings. The van der Waals surface area contributed by atoms with E-state index in [4.69, 9.17) is 10.5 Å². The van der Waals surface area contributed by atoms with Crippen LogP contribution >= 0.6 is 0 Å². The summed E-state index contributed by atoms with van der Waals surface area (Å²) in [7, 11) is 0. The molecule has 17 heavy (non-hydrogen) atoms. The summed E-state index contributed by atoms with van der Waals surface area (Å²) in [4.78, 5) is 12.0. The number of amides is 1. The van der Waals surface area contributed by atoms with Crippen molar-refractivity contribution in [2.45, 2.75) is 31.5 Å². The van der Waals surface area contributed by atoms with Gasteiger partial charge in [0.15, 0.2) is 0 Å². The van der Waals surface area contributed by atoms with Crippen molar-refractivity contribution in [3.8, 4) is 0 Å². The third-order valence-corrected chi connectivity index (χ3v) is 2.90. The Hall–Kier alpha value is -1.40. The van der Waals surface area contributed by atoms with Crippen LogP contribution in [-0.4, -0.2) is 40.5 Å². The molecule has 0 radical (unpaired) electrons. The lowest BCUT2D eigenvalue weighted by molar-refractivity contribution is -0.127. The number of rotatable bonds is 4. The summed E-state index contributed by atoms with van der Waals surface area (Å²) in [6, 6.07) is 1.84. The molecular weight excluding hydrogens is 220 g/mol. The molecule has 94 valence electrons. The number of hydrogen-bond donors (Lipinski definition) is 2. The molecule has 0 saturated carbocycles. The fraction of sp³-hybridized carbons (Fsp3) is 0.636. The Morgan fingerprint density at radius 1 is 1.76 bits per heavy atom. The van der Waals surface area contributed by atoms with Crippen LogP contribution in [0.5, 0.6) is 0 Å². The molecule has 1 aliphatic rings. The van der Waals surface area contributed by atoms with Crippen molar-refractivity contribution in [2.24, 2.45) is 5.73 Å². The van der Waals surface area contributed by atoms with Crippen LogP contribution in [0.4, 0.5) is 0 Å². The van der Waals surface area contributed by atoms with Crippen molar-refractivity contribution >= 4 is 5.91 Å². The van der Waals surface area contributed by atoms with Crippen LogP contribution in [0.3, 0.4) is 0 Å². The van der Waals surface area contributed by atoms with Gasteiger partial charge in [-0.3, -0.25) is 9.48 Å². The van der Waals surface area contributed by atoms with Crippen LogP contribution < -0.4 is 11.1 Å². The molecule has 6 nitrogen and oxygen atoms in total. The molecule has 6 heteroatoms. The zero-order chi connectivity index (χ0) is 12.3. The lowest BCUT2D eigenvalue weighted by Crippen LogP contribution is -2.56. The van der Waals surface area contributed by atoms with Gasteiger partial charge in [-0.25, -0.2) is 0 Å². The Kier molecular flexibility index (Phi) is 3.44. The Balaban J connectivity index is 1.86. The lowest BCUT2D eigenvalue weighted by atomic mass is 9.99. The molecule has 0 bridgehead atoms. The van der Waals surface area contributed by atoms with E-state index in [0.717, 1.165) is 0 Å². The third kappa shape index (κ3) is 2.83. The molecule has 2 atom stereocenters. The number of ether oxygens (including phenoxy) is 1. The quantitative estimate of drug-likeness (QED) is 0.741. The number of carbonyl (C=O) groups is 1. The second kappa shape index (κ2) is 4.85. The molecule has 0 aliphatic carbocycles. The van der Waals surface area contributed by atoms with Gasteiger partial charge in [0.25, 0.3) is 0 Å². The highest BCUT2D eigenvalue weighted by molar-refractivity contribution is 5.86. The first kappa shape index (κ1) is 12.1. The summed E-state index contributed by atoms with van der Waals surface area (Å²) in [5.74, 6) is -0.144. The number of hydrogen-bond acceptors (Lipinski definition) is 4. The maximum absolute atomic E-state index is 12.0. The minimum atomic E-state index is -0.863. The monoisotopic (exact) mass is 238 g/mol. The van der Waals surface area contributed by atoms with Gasteiger partial charge in [-0.05, 0) is 19.4 Å². The fourth-order valence-electron chi connectivity index (χ4n) is 1.86. The van der Waals surface area contributed by atoms with Gasteiger partial charge < -0.3 is 15.8 Å². The maximum Gasteiger partial charge on any atom is 0.242 e. The minimum Gasteiger partial charge on any atom is -0.379 e. The first-order chi connectivity index (χ1) is 8.10. The molecule has 0 aromatic carbocycles. The van der Waals surface area contributed by atoms with Gasteiger partial charge in [0.2, 0.25) is 5.91 Å². The molecule has 1 aliphatic heterocycles. The van der Waals surface area contributed by atoms with Crippen molar-refractivity contribution in [1.82, 2.24) is 15.1 Å². The van der Waals surface area contributed by atoms with Crippen molar-refractivity contribution in [3.05, 3.63) is 18.5 Å². The number of aromatic nitrogens is 2. The smallest absolute Gasteiger partial charge is 0.242 e. The summed E-state index contributed by atoms with van der Waals surface area (Å²) in [5, 5.41) is 6.98. The molecule has 1 fully saturated rings. The second-order valence-corrected chi connectivity index (χ2v) is 4.56. The number of nitrogens with two attached hydrogens (primary N) is 1. The van der Waals surface area contributed by atoms with Gasteiger partial charge >= 0.3 is 0 Å². The summed E-state index contributed by atoms with van der Waals surface area (Å²) < 4.78 is 6.94. The first-order valence-electron chi connectivity index (χ1n) is 5.75. The van der Waals surface area contributed by atoms with Crippen LogP contribution in [0.25, 0.3) is 0 Å². The molecule has 1 aromatic heterocycles. The Labute approximate surface area is 100 Å². The minimum absolute atomic E-state index is 0.0107. The number of carbonyl (C=O) groups excluding carboxylic acids is 1. The molecule has 1 amide bonds. The van der Waals surface area contributed by atoms with E-state index in [1.807, 2.05) is 19.2 Å². The SMILES string of the molecule is CC(Cn1cccn1)NC(=O)C1(N)CCOC1. The standard InChI is InChI=1S/C11H18N4O2/c1-9(7-15-5-2-4-13-15)14-10(16)11(12)3-6-17-8-11/h2,4-5,9H,3,6-8,12H2,1H3,(H,14,16). The van der Waals surface area contributed by atoms with Crippen molar-refractivity contribution < 1.29 is 9.53 Å². The van der Waals surface area contributed by atoms with E-state index in [0.29, 0.717) is 26.2 Å². The lowest BCUT2D eigenvalue weighted by Gasteiger charge is -2.23. The van der Waals surface area contributed by atoms with Crippen LogP contribution in [-0.2, 0) is 16.1 Å². The normalized spacial score (nSPS) is 25.8. The highest BCUT2D eigenvalue weighted by Gasteiger charge is 2.38. The number of nitrogens with one attached hydrogen (secondary N) is 1. The van der Waals surface area contributed by atoms with E-state index in [1.165, 1.54) is 0 Å². The van der Waals surface area contributed by atoms with Gasteiger partial charge in [-0.15, -0.1) is 0 Å². The van der Waals surface area contributed by atoms with E-state index < -0.39 is 5.54 Å². The highest BCUT2D eigenvalue weighted by Crippen LogP contribution is 2.15. The van der Waals surface area contributed by atoms with Crippen LogP contribution in [0.2, 0.25) is 0 Å². The van der Waals surface area contributed by atoms with Gasteiger partial charge in [-0.2, -0.15) is 5.10 Å². The van der Waals surface area contributed by atoms with E-state index in [-0.39, 0.29) is 11.9 Å². The second-order valence-electron chi connectivity index (χ2n) is 4.56. The topological polar surface area (TPSA) is 82.2 Å². The molecule has 2 unspecified atom stereocenters. The van der Waals surface area contributed by atoms with Crippen molar-refractivity contribution in [2.75, 3.05) is 13.2 Å². The van der Waals surface area contributed by atoms with Gasteiger partial charge in [0, 0.05) is 25.0 Å². The predicted octanol–water partition coefficient (Wildman–Crippen LogP) is -0.494. The fourth-order valence-corrected chi connectivity index (χ4v) is 1.86.